The van der Waals surface area contributed by atoms with Gasteiger partial charge in [0.05, 0.1) is 5.52 Å². The van der Waals surface area contributed by atoms with Gasteiger partial charge in [0, 0.05) is 35.1 Å². The lowest BCUT2D eigenvalue weighted by atomic mass is 9.96. The molecule has 108 valence electrons. The molecule has 0 aliphatic heterocycles. The SMILES string of the molecule is CC(C)(C)c1nsc(NCc2cccc3cccnc23)n1. The Morgan fingerprint density at radius 1 is 1.14 bits per heavy atom. The molecule has 0 unspecified atom stereocenters. The molecule has 3 rings (SSSR count). The Hall–Kier alpha value is -2.01. The van der Waals surface area contributed by atoms with Crippen LogP contribution in [0.1, 0.15) is 32.2 Å². The zero-order valence-electron chi connectivity index (χ0n) is 12.4. The van der Waals surface area contributed by atoms with Crippen LogP contribution in [0.25, 0.3) is 10.9 Å². The second-order valence-corrected chi connectivity index (χ2v) is 6.77. The van der Waals surface area contributed by atoms with Gasteiger partial charge in [0.2, 0.25) is 5.13 Å². The maximum Gasteiger partial charge on any atom is 0.202 e. The fourth-order valence-corrected chi connectivity index (χ4v) is 2.83. The van der Waals surface area contributed by atoms with Crippen molar-refractivity contribution >= 4 is 27.6 Å². The van der Waals surface area contributed by atoms with Crippen molar-refractivity contribution in [2.45, 2.75) is 32.7 Å². The van der Waals surface area contributed by atoms with Gasteiger partial charge >= 0.3 is 0 Å². The van der Waals surface area contributed by atoms with Crippen molar-refractivity contribution in [1.29, 1.82) is 0 Å². The van der Waals surface area contributed by atoms with Gasteiger partial charge in [-0.1, -0.05) is 45.0 Å². The summed E-state index contributed by atoms with van der Waals surface area (Å²) >= 11 is 1.41. The highest BCUT2D eigenvalue weighted by Crippen LogP contribution is 2.24. The van der Waals surface area contributed by atoms with E-state index in [2.05, 4.69) is 64.7 Å². The number of hydrogen-bond acceptors (Lipinski definition) is 5. The zero-order chi connectivity index (χ0) is 14.9. The highest BCUT2D eigenvalue weighted by atomic mass is 32.1. The van der Waals surface area contributed by atoms with Crippen molar-refractivity contribution in [3.63, 3.8) is 0 Å². The predicted octanol–water partition coefficient (Wildman–Crippen LogP) is 4.00. The number of anilines is 1. The second-order valence-electron chi connectivity index (χ2n) is 6.02. The molecule has 0 spiro atoms. The first kappa shape index (κ1) is 13.9. The van der Waals surface area contributed by atoms with Crippen LogP contribution in [0.5, 0.6) is 0 Å². The van der Waals surface area contributed by atoms with Crippen LogP contribution >= 0.6 is 11.5 Å². The number of benzene rings is 1. The number of aromatic nitrogens is 3. The maximum atomic E-state index is 4.55. The minimum absolute atomic E-state index is 0.0164. The van der Waals surface area contributed by atoms with E-state index < -0.39 is 0 Å². The first-order valence-electron chi connectivity index (χ1n) is 6.95. The van der Waals surface area contributed by atoms with Crippen LogP contribution in [-0.2, 0) is 12.0 Å². The fourth-order valence-electron chi connectivity index (χ4n) is 2.08. The number of nitrogens with one attached hydrogen (secondary N) is 1. The van der Waals surface area contributed by atoms with E-state index in [1.807, 2.05) is 12.3 Å². The van der Waals surface area contributed by atoms with Crippen molar-refractivity contribution in [3.8, 4) is 0 Å². The molecule has 4 nitrogen and oxygen atoms in total. The lowest BCUT2D eigenvalue weighted by Crippen LogP contribution is -2.13. The summed E-state index contributed by atoms with van der Waals surface area (Å²) in [6, 6.07) is 10.3. The van der Waals surface area contributed by atoms with Crippen LogP contribution in [0.4, 0.5) is 5.13 Å². The third-order valence-electron chi connectivity index (χ3n) is 3.24. The Morgan fingerprint density at radius 2 is 1.95 bits per heavy atom. The molecule has 0 saturated heterocycles. The number of hydrogen-bond donors (Lipinski definition) is 1. The van der Waals surface area contributed by atoms with Gasteiger partial charge in [-0.15, -0.1) is 0 Å². The smallest absolute Gasteiger partial charge is 0.202 e. The number of nitrogens with zero attached hydrogens (tertiary/aromatic N) is 3. The first-order valence-corrected chi connectivity index (χ1v) is 7.72. The molecular formula is C16H18N4S. The summed E-state index contributed by atoms with van der Waals surface area (Å²) in [7, 11) is 0. The molecule has 2 aromatic heterocycles. The van der Waals surface area contributed by atoms with Gasteiger partial charge in [-0.25, -0.2) is 4.98 Å². The van der Waals surface area contributed by atoms with Gasteiger partial charge in [-0.3, -0.25) is 4.98 Å². The van der Waals surface area contributed by atoms with Crippen LogP contribution < -0.4 is 5.32 Å². The lowest BCUT2D eigenvalue weighted by molar-refractivity contribution is 0.555. The molecule has 5 heteroatoms. The van der Waals surface area contributed by atoms with Gasteiger partial charge < -0.3 is 5.32 Å². The zero-order valence-corrected chi connectivity index (χ0v) is 13.2. The van der Waals surface area contributed by atoms with Gasteiger partial charge in [0.15, 0.2) is 0 Å². The van der Waals surface area contributed by atoms with Crippen LogP contribution in [0.15, 0.2) is 36.5 Å². The Bertz CT molecular complexity index is 753. The molecule has 1 N–H and O–H groups in total. The minimum atomic E-state index is -0.0164. The molecule has 3 aromatic rings. The molecule has 0 saturated carbocycles. The molecule has 0 bridgehead atoms. The van der Waals surface area contributed by atoms with Crippen molar-refractivity contribution in [2.24, 2.45) is 0 Å². The van der Waals surface area contributed by atoms with E-state index in [1.54, 1.807) is 0 Å². The van der Waals surface area contributed by atoms with E-state index >= 15 is 0 Å². The van der Waals surface area contributed by atoms with Crippen LogP contribution in [0.3, 0.4) is 0 Å². The van der Waals surface area contributed by atoms with E-state index in [9.17, 15) is 0 Å². The Morgan fingerprint density at radius 3 is 2.71 bits per heavy atom. The topological polar surface area (TPSA) is 50.7 Å². The maximum absolute atomic E-state index is 4.55. The van der Waals surface area contributed by atoms with Gasteiger partial charge in [0.25, 0.3) is 0 Å². The average molecular weight is 298 g/mol. The molecular weight excluding hydrogens is 280 g/mol. The van der Waals surface area contributed by atoms with Crippen LogP contribution in [-0.4, -0.2) is 14.3 Å². The van der Waals surface area contributed by atoms with Crippen LogP contribution in [0.2, 0.25) is 0 Å². The van der Waals surface area contributed by atoms with Gasteiger partial charge in [-0.2, -0.15) is 4.37 Å². The normalized spacial score (nSPS) is 11.8. The minimum Gasteiger partial charge on any atom is -0.356 e. The molecule has 0 fully saturated rings. The van der Waals surface area contributed by atoms with Crippen molar-refractivity contribution < 1.29 is 0 Å². The Labute approximate surface area is 128 Å². The van der Waals surface area contributed by atoms with E-state index in [1.165, 1.54) is 17.1 Å². The molecule has 0 aliphatic carbocycles. The van der Waals surface area contributed by atoms with Gasteiger partial charge in [0.1, 0.15) is 5.82 Å². The molecule has 0 radical (unpaired) electrons. The highest BCUT2D eigenvalue weighted by Gasteiger charge is 2.19. The van der Waals surface area contributed by atoms with E-state index in [0.717, 1.165) is 21.9 Å². The largest absolute Gasteiger partial charge is 0.356 e. The molecule has 1 aromatic carbocycles. The highest BCUT2D eigenvalue weighted by molar-refractivity contribution is 7.09. The summed E-state index contributed by atoms with van der Waals surface area (Å²) in [6.45, 7) is 7.06. The third-order valence-corrected chi connectivity index (χ3v) is 3.92. The second kappa shape index (κ2) is 5.41. The monoisotopic (exact) mass is 298 g/mol. The average Bonchev–Trinajstić information content (AvgIpc) is 2.94. The summed E-state index contributed by atoms with van der Waals surface area (Å²) < 4.78 is 4.41. The van der Waals surface area contributed by atoms with E-state index in [0.29, 0.717) is 6.54 Å². The first-order chi connectivity index (χ1) is 10.0. The Kier molecular flexibility index (Phi) is 3.59. The summed E-state index contributed by atoms with van der Waals surface area (Å²) in [5, 5.41) is 5.36. The summed E-state index contributed by atoms with van der Waals surface area (Å²) in [5.41, 5.74) is 2.19. The van der Waals surface area contributed by atoms with Crippen molar-refractivity contribution in [1.82, 2.24) is 14.3 Å². The molecule has 0 atom stereocenters. The van der Waals surface area contributed by atoms with Gasteiger partial charge in [-0.05, 0) is 11.6 Å². The fraction of sp³-hybridized carbons (Fsp3) is 0.312. The number of pyridine rings is 1. The molecule has 21 heavy (non-hydrogen) atoms. The number of para-hydroxylation sites is 1. The number of rotatable bonds is 3. The lowest BCUT2D eigenvalue weighted by Gasteiger charge is -2.12. The quantitative estimate of drug-likeness (QED) is 0.794. The molecule has 0 amide bonds. The Balaban J connectivity index is 1.79. The summed E-state index contributed by atoms with van der Waals surface area (Å²) in [6.07, 6.45) is 1.83. The summed E-state index contributed by atoms with van der Waals surface area (Å²) in [4.78, 5) is 9.02. The summed E-state index contributed by atoms with van der Waals surface area (Å²) in [5.74, 6) is 0.881. The standard InChI is InChI=1S/C16H18N4S/c1-16(2,3)14-19-15(21-20-14)18-10-12-7-4-6-11-8-5-9-17-13(11)12/h4-9H,10H2,1-3H3,(H,18,19,20). The van der Waals surface area contributed by atoms with Crippen LogP contribution in [0, 0.1) is 0 Å². The van der Waals surface area contributed by atoms with E-state index in [4.69, 9.17) is 0 Å². The molecule has 2 heterocycles. The van der Waals surface area contributed by atoms with E-state index in [-0.39, 0.29) is 5.41 Å². The predicted molar refractivity (Wildman–Crippen MR) is 87.7 cm³/mol. The number of fused-ring (bicyclic) bond motifs is 1. The van der Waals surface area contributed by atoms with Crippen molar-refractivity contribution in [3.05, 3.63) is 47.9 Å². The molecule has 0 aliphatic rings. The third kappa shape index (κ3) is 3.03. The van der Waals surface area contributed by atoms with Crippen molar-refractivity contribution in [2.75, 3.05) is 5.32 Å².